The summed E-state index contributed by atoms with van der Waals surface area (Å²) in [6.45, 7) is 5.92. The van der Waals surface area contributed by atoms with Crippen LogP contribution in [-0.4, -0.2) is 31.2 Å². The molecule has 0 spiro atoms. The Hall–Kier alpha value is -2.23. The molecule has 2 N–H and O–H groups in total. The van der Waals surface area contributed by atoms with Crippen LogP contribution in [0.15, 0.2) is 42.6 Å². The highest BCUT2D eigenvalue weighted by Crippen LogP contribution is 2.23. The van der Waals surface area contributed by atoms with Gasteiger partial charge in [-0.2, -0.15) is 0 Å². The lowest BCUT2D eigenvalue weighted by molar-refractivity contribution is 0.648. The van der Waals surface area contributed by atoms with Crippen LogP contribution in [0.4, 0.5) is 17.2 Å². The zero-order valence-corrected chi connectivity index (χ0v) is 11.8. The molecule has 1 aliphatic rings. The number of hydrogen-bond acceptors (Lipinski definition) is 4. The maximum absolute atomic E-state index is 6.08. The molecular weight excluding hydrogens is 248 g/mol. The van der Waals surface area contributed by atoms with Gasteiger partial charge in [0.05, 0.1) is 5.69 Å². The Labute approximate surface area is 119 Å². The molecule has 2 heterocycles. The molecule has 104 valence electrons. The van der Waals surface area contributed by atoms with Crippen molar-refractivity contribution in [3.05, 3.63) is 48.2 Å². The molecule has 0 amide bonds. The average Bonchev–Trinajstić information content (AvgIpc) is 2.48. The van der Waals surface area contributed by atoms with Gasteiger partial charge < -0.3 is 15.5 Å². The number of nitrogen functional groups attached to an aromatic ring is 1. The maximum atomic E-state index is 6.08. The van der Waals surface area contributed by atoms with E-state index in [9.17, 15) is 0 Å². The van der Waals surface area contributed by atoms with E-state index in [2.05, 4.69) is 45.1 Å². The molecule has 2 aromatic rings. The minimum atomic E-state index is 0.776. The first kappa shape index (κ1) is 12.8. The summed E-state index contributed by atoms with van der Waals surface area (Å²) in [6.07, 6.45) is 1.88. The molecule has 1 aromatic heterocycles. The van der Waals surface area contributed by atoms with Crippen molar-refractivity contribution >= 4 is 17.2 Å². The van der Waals surface area contributed by atoms with Crippen LogP contribution in [-0.2, 0) is 0 Å². The molecule has 1 aliphatic heterocycles. The molecule has 1 saturated heterocycles. The molecule has 4 heteroatoms. The third-order valence-corrected chi connectivity index (χ3v) is 3.73. The first-order valence-corrected chi connectivity index (χ1v) is 7.01. The summed E-state index contributed by atoms with van der Waals surface area (Å²) < 4.78 is 0. The largest absolute Gasteiger partial charge is 0.396 e. The van der Waals surface area contributed by atoms with Gasteiger partial charge in [-0.25, -0.2) is 4.98 Å². The van der Waals surface area contributed by atoms with Crippen LogP contribution in [0.5, 0.6) is 0 Å². The van der Waals surface area contributed by atoms with Gasteiger partial charge in [-0.3, -0.25) is 0 Å². The molecule has 0 radical (unpaired) electrons. The Morgan fingerprint density at radius 2 is 1.65 bits per heavy atom. The van der Waals surface area contributed by atoms with Crippen LogP contribution < -0.4 is 15.5 Å². The number of hydrogen-bond donors (Lipinski definition) is 1. The van der Waals surface area contributed by atoms with Crippen LogP contribution in [0.2, 0.25) is 0 Å². The van der Waals surface area contributed by atoms with E-state index in [1.54, 1.807) is 0 Å². The second-order valence-electron chi connectivity index (χ2n) is 5.24. The monoisotopic (exact) mass is 268 g/mol. The third kappa shape index (κ3) is 2.54. The van der Waals surface area contributed by atoms with Crippen LogP contribution in [0, 0.1) is 6.92 Å². The smallest absolute Gasteiger partial charge is 0.151 e. The summed E-state index contributed by atoms with van der Waals surface area (Å²) in [5.41, 5.74) is 9.25. The molecule has 0 unspecified atom stereocenters. The van der Waals surface area contributed by atoms with Gasteiger partial charge in [0.1, 0.15) is 0 Å². The van der Waals surface area contributed by atoms with Crippen molar-refractivity contribution in [3.63, 3.8) is 0 Å². The van der Waals surface area contributed by atoms with E-state index in [0.717, 1.165) is 43.2 Å². The molecule has 20 heavy (non-hydrogen) atoms. The fourth-order valence-corrected chi connectivity index (χ4v) is 2.66. The Bertz CT molecular complexity index is 574. The second-order valence-corrected chi connectivity index (χ2v) is 5.24. The number of piperazine rings is 1. The molecular formula is C16H20N4. The zero-order valence-electron chi connectivity index (χ0n) is 11.8. The minimum absolute atomic E-state index is 0.776. The summed E-state index contributed by atoms with van der Waals surface area (Å²) in [7, 11) is 0. The first-order chi connectivity index (χ1) is 9.74. The lowest BCUT2D eigenvalue weighted by Crippen LogP contribution is -2.47. The van der Waals surface area contributed by atoms with E-state index in [1.165, 1.54) is 5.69 Å². The quantitative estimate of drug-likeness (QED) is 0.907. The molecule has 0 saturated carbocycles. The van der Waals surface area contributed by atoms with Crippen molar-refractivity contribution in [2.75, 3.05) is 41.7 Å². The van der Waals surface area contributed by atoms with E-state index in [1.807, 2.05) is 19.2 Å². The van der Waals surface area contributed by atoms with Gasteiger partial charge >= 0.3 is 0 Å². The topological polar surface area (TPSA) is 45.4 Å². The molecule has 0 atom stereocenters. The number of benzene rings is 1. The summed E-state index contributed by atoms with van der Waals surface area (Å²) >= 11 is 0. The number of nitrogens with two attached hydrogens (primary N) is 1. The van der Waals surface area contributed by atoms with Crippen LogP contribution in [0.1, 0.15) is 5.56 Å². The highest BCUT2D eigenvalue weighted by Gasteiger charge is 2.19. The van der Waals surface area contributed by atoms with Gasteiger partial charge in [-0.1, -0.05) is 18.2 Å². The molecule has 0 bridgehead atoms. The van der Waals surface area contributed by atoms with E-state index in [-0.39, 0.29) is 0 Å². The Kier molecular flexibility index (Phi) is 3.46. The summed E-state index contributed by atoms with van der Waals surface area (Å²) in [4.78, 5) is 9.16. The summed E-state index contributed by atoms with van der Waals surface area (Å²) in [5, 5.41) is 0. The summed E-state index contributed by atoms with van der Waals surface area (Å²) in [5.74, 6) is 0.920. The number of aromatic nitrogens is 1. The standard InChI is InChI=1S/C16H20N4/c1-13-11-15(17)16(18-12-13)20-9-7-19(8-10-20)14-5-3-2-4-6-14/h2-6,11-12H,7-10,17H2,1H3. The lowest BCUT2D eigenvalue weighted by Gasteiger charge is -2.37. The maximum Gasteiger partial charge on any atom is 0.151 e. The lowest BCUT2D eigenvalue weighted by atomic mass is 10.2. The fourth-order valence-electron chi connectivity index (χ4n) is 2.66. The average molecular weight is 268 g/mol. The first-order valence-electron chi connectivity index (χ1n) is 7.01. The number of pyridine rings is 1. The fraction of sp³-hybridized carbons (Fsp3) is 0.312. The highest BCUT2D eigenvalue weighted by atomic mass is 15.3. The van der Waals surface area contributed by atoms with Crippen LogP contribution in [0.3, 0.4) is 0 Å². The minimum Gasteiger partial charge on any atom is -0.396 e. The van der Waals surface area contributed by atoms with Crippen molar-refractivity contribution in [1.29, 1.82) is 0 Å². The van der Waals surface area contributed by atoms with Gasteiger partial charge in [0, 0.05) is 38.1 Å². The van der Waals surface area contributed by atoms with Crippen molar-refractivity contribution < 1.29 is 0 Å². The molecule has 4 nitrogen and oxygen atoms in total. The van der Waals surface area contributed by atoms with Gasteiger partial charge in [-0.15, -0.1) is 0 Å². The third-order valence-electron chi connectivity index (χ3n) is 3.73. The molecule has 1 fully saturated rings. The number of nitrogens with zero attached hydrogens (tertiary/aromatic N) is 3. The van der Waals surface area contributed by atoms with Crippen molar-refractivity contribution in [1.82, 2.24) is 4.98 Å². The van der Waals surface area contributed by atoms with E-state index in [4.69, 9.17) is 5.73 Å². The number of aryl methyl sites for hydroxylation is 1. The number of para-hydroxylation sites is 1. The Morgan fingerprint density at radius 3 is 2.30 bits per heavy atom. The molecule has 0 aliphatic carbocycles. The zero-order chi connectivity index (χ0) is 13.9. The van der Waals surface area contributed by atoms with Gasteiger partial charge in [-0.05, 0) is 30.7 Å². The predicted octanol–water partition coefficient (Wildman–Crippen LogP) is 2.30. The molecule has 3 rings (SSSR count). The Morgan fingerprint density at radius 1 is 1.00 bits per heavy atom. The highest BCUT2D eigenvalue weighted by molar-refractivity contribution is 5.64. The normalized spacial score (nSPS) is 15.4. The predicted molar refractivity (Wildman–Crippen MR) is 84.3 cm³/mol. The summed E-state index contributed by atoms with van der Waals surface area (Å²) in [6, 6.07) is 12.5. The van der Waals surface area contributed by atoms with E-state index < -0.39 is 0 Å². The van der Waals surface area contributed by atoms with Crippen molar-refractivity contribution in [3.8, 4) is 0 Å². The van der Waals surface area contributed by atoms with Gasteiger partial charge in [0.2, 0.25) is 0 Å². The number of anilines is 3. The van der Waals surface area contributed by atoms with Crippen molar-refractivity contribution in [2.45, 2.75) is 6.92 Å². The Balaban J connectivity index is 1.69. The van der Waals surface area contributed by atoms with Gasteiger partial charge in [0.25, 0.3) is 0 Å². The van der Waals surface area contributed by atoms with E-state index in [0.29, 0.717) is 0 Å². The second kappa shape index (κ2) is 5.41. The van der Waals surface area contributed by atoms with Crippen LogP contribution >= 0.6 is 0 Å². The van der Waals surface area contributed by atoms with Crippen LogP contribution in [0.25, 0.3) is 0 Å². The number of rotatable bonds is 2. The SMILES string of the molecule is Cc1cnc(N2CCN(c3ccccc3)CC2)c(N)c1. The van der Waals surface area contributed by atoms with Crippen molar-refractivity contribution in [2.24, 2.45) is 0 Å². The van der Waals surface area contributed by atoms with E-state index >= 15 is 0 Å². The van der Waals surface area contributed by atoms with Gasteiger partial charge in [0.15, 0.2) is 5.82 Å². The molecule has 1 aromatic carbocycles.